The highest BCUT2D eigenvalue weighted by atomic mass is 16.5. The van der Waals surface area contributed by atoms with Crippen molar-refractivity contribution in [3.8, 4) is 0 Å². The van der Waals surface area contributed by atoms with E-state index in [0.717, 1.165) is 4.90 Å². The van der Waals surface area contributed by atoms with E-state index in [-0.39, 0.29) is 36.7 Å². The molecule has 0 aliphatic carbocycles. The van der Waals surface area contributed by atoms with Crippen molar-refractivity contribution in [1.82, 2.24) is 10.2 Å². The Balaban J connectivity index is 1.57. The van der Waals surface area contributed by atoms with E-state index in [0.29, 0.717) is 12.8 Å². The third-order valence-electron chi connectivity index (χ3n) is 4.79. The molecule has 3 atom stereocenters. The van der Waals surface area contributed by atoms with Gasteiger partial charge < -0.3 is 14.6 Å². The quantitative estimate of drug-likeness (QED) is 0.493. The van der Waals surface area contributed by atoms with Gasteiger partial charge in [-0.25, -0.2) is 4.79 Å². The number of nitrogens with one attached hydrogen (secondary N) is 1. The molecule has 9 heteroatoms. The summed E-state index contributed by atoms with van der Waals surface area (Å²) in [5.41, 5.74) is 0.439. The van der Waals surface area contributed by atoms with Crippen molar-refractivity contribution in [3.05, 3.63) is 35.4 Å². The second-order valence-corrected chi connectivity index (χ2v) is 6.60. The lowest BCUT2D eigenvalue weighted by Gasteiger charge is -2.23. The van der Waals surface area contributed by atoms with Crippen LogP contribution in [-0.2, 0) is 19.1 Å². The van der Waals surface area contributed by atoms with E-state index in [9.17, 15) is 24.3 Å². The van der Waals surface area contributed by atoms with Gasteiger partial charge in [0, 0.05) is 0 Å². The summed E-state index contributed by atoms with van der Waals surface area (Å²) in [6, 6.07) is 4.49. The van der Waals surface area contributed by atoms with Gasteiger partial charge in [-0.2, -0.15) is 0 Å². The van der Waals surface area contributed by atoms with Gasteiger partial charge in [-0.3, -0.25) is 24.6 Å². The predicted octanol–water partition coefficient (Wildman–Crippen LogP) is 0.784. The topological polar surface area (TPSA) is 122 Å². The molecule has 0 spiro atoms. The number of esters is 1. The molecule has 2 N–H and O–H groups in total. The molecule has 0 bridgehead atoms. The number of amides is 2. The summed E-state index contributed by atoms with van der Waals surface area (Å²) in [6.45, 7) is 2.18. The average molecular weight is 390 g/mol. The van der Waals surface area contributed by atoms with E-state index in [1.807, 2.05) is 0 Å². The maximum Gasteiger partial charge on any atom is 0.326 e. The first-order chi connectivity index (χ1) is 13.4. The number of carboxylic acid groups (broad SMARTS) is 1. The molecular formula is C19H22N2O7. The Kier molecular flexibility index (Phi) is 6.05. The Morgan fingerprint density at radius 3 is 2.50 bits per heavy atom. The van der Waals surface area contributed by atoms with Gasteiger partial charge in [-0.05, 0) is 38.3 Å². The number of rotatable bonds is 8. The lowest BCUT2D eigenvalue weighted by atomic mass is 10.1. The van der Waals surface area contributed by atoms with Gasteiger partial charge in [0.25, 0.3) is 11.8 Å². The van der Waals surface area contributed by atoms with E-state index in [1.165, 1.54) is 12.1 Å². The zero-order valence-corrected chi connectivity index (χ0v) is 15.4. The minimum Gasteiger partial charge on any atom is -0.480 e. The molecule has 9 nitrogen and oxygen atoms in total. The summed E-state index contributed by atoms with van der Waals surface area (Å²) < 4.78 is 10.4. The Labute approximate surface area is 161 Å². The maximum atomic E-state index is 12.5. The molecule has 3 rings (SSSR count). The van der Waals surface area contributed by atoms with Crippen molar-refractivity contribution in [2.75, 3.05) is 13.2 Å². The van der Waals surface area contributed by atoms with Crippen molar-refractivity contribution < 1.29 is 33.8 Å². The highest BCUT2D eigenvalue weighted by Gasteiger charge is 2.42. The summed E-state index contributed by atoms with van der Waals surface area (Å²) in [5.74, 6) is -2.81. The molecule has 2 heterocycles. The van der Waals surface area contributed by atoms with Gasteiger partial charge in [0.2, 0.25) is 0 Å². The lowest BCUT2D eigenvalue weighted by molar-refractivity contribution is -0.145. The highest BCUT2D eigenvalue weighted by molar-refractivity contribution is 6.22. The summed E-state index contributed by atoms with van der Waals surface area (Å²) in [6.07, 6.45) is 0.498. The van der Waals surface area contributed by atoms with Gasteiger partial charge >= 0.3 is 11.9 Å². The minimum absolute atomic E-state index is 0.0897. The molecule has 2 amide bonds. The third-order valence-corrected chi connectivity index (χ3v) is 4.79. The second kappa shape index (κ2) is 8.49. The van der Waals surface area contributed by atoms with Crippen LogP contribution in [0.15, 0.2) is 24.3 Å². The summed E-state index contributed by atoms with van der Waals surface area (Å²) >= 11 is 0. The van der Waals surface area contributed by atoms with Gasteiger partial charge in [0.05, 0.1) is 24.3 Å². The first kappa shape index (κ1) is 20.0. The fraction of sp³-hybridized carbons (Fsp3) is 0.474. The molecule has 28 heavy (non-hydrogen) atoms. The first-order valence-electron chi connectivity index (χ1n) is 9.18. The van der Waals surface area contributed by atoms with E-state index in [1.54, 1.807) is 19.1 Å². The standard InChI is InChI=1S/C19H22N2O7/c1-2-27-19(26)13-10-28-15(20-13)9-5-8-14(18(24)25)21-16(22)11-6-3-4-7-12(11)17(21)23/h3-4,6-7,13-15,20H,2,5,8-10H2,1H3,(H,24,25). The number of fused-ring (bicyclic) bond motifs is 1. The molecule has 0 saturated carbocycles. The number of benzene rings is 1. The smallest absolute Gasteiger partial charge is 0.326 e. The van der Waals surface area contributed by atoms with Crippen LogP contribution in [0.3, 0.4) is 0 Å². The van der Waals surface area contributed by atoms with Crippen molar-refractivity contribution in [3.63, 3.8) is 0 Å². The fourth-order valence-corrected chi connectivity index (χ4v) is 3.43. The van der Waals surface area contributed by atoms with Crippen LogP contribution >= 0.6 is 0 Å². The molecule has 150 valence electrons. The highest BCUT2D eigenvalue weighted by Crippen LogP contribution is 2.26. The molecule has 1 fully saturated rings. The van der Waals surface area contributed by atoms with Gasteiger partial charge in [-0.15, -0.1) is 0 Å². The Hall–Kier alpha value is -2.78. The number of hydrogen-bond acceptors (Lipinski definition) is 7. The van der Waals surface area contributed by atoms with Crippen molar-refractivity contribution >= 4 is 23.8 Å². The zero-order chi connectivity index (χ0) is 20.3. The van der Waals surface area contributed by atoms with Crippen LogP contribution in [0.4, 0.5) is 0 Å². The number of carbonyl (C=O) groups excluding carboxylic acids is 3. The number of aliphatic carboxylic acids is 1. The number of nitrogens with zero attached hydrogens (tertiary/aromatic N) is 1. The summed E-state index contributed by atoms with van der Waals surface area (Å²) in [4.78, 5) is 49.2. The van der Waals surface area contributed by atoms with Crippen LogP contribution in [0.5, 0.6) is 0 Å². The van der Waals surface area contributed by atoms with E-state index in [2.05, 4.69) is 5.32 Å². The fourth-order valence-electron chi connectivity index (χ4n) is 3.43. The van der Waals surface area contributed by atoms with Crippen LogP contribution in [0, 0.1) is 0 Å². The van der Waals surface area contributed by atoms with Crippen LogP contribution in [-0.4, -0.2) is 65.3 Å². The van der Waals surface area contributed by atoms with Crippen LogP contribution in [0.2, 0.25) is 0 Å². The number of imide groups is 1. The number of ether oxygens (including phenoxy) is 2. The molecule has 1 aromatic carbocycles. The SMILES string of the molecule is CCOC(=O)C1COC(CCCC(C(=O)O)N2C(=O)c3ccccc3C2=O)N1. The van der Waals surface area contributed by atoms with E-state index in [4.69, 9.17) is 9.47 Å². The molecule has 2 aliphatic heterocycles. The van der Waals surface area contributed by atoms with Crippen LogP contribution in [0.25, 0.3) is 0 Å². The van der Waals surface area contributed by atoms with Crippen LogP contribution < -0.4 is 5.32 Å². The molecule has 1 aromatic rings. The maximum absolute atomic E-state index is 12.5. The molecule has 1 saturated heterocycles. The van der Waals surface area contributed by atoms with E-state index < -0.39 is 36.1 Å². The predicted molar refractivity (Wildman–Crippen MR) is 95.5 cm³/mol. The first-order valence-corrected chi connectivity index (χ1v) is 9.18. The van der Waals surface area contributed by atoms with Crippen molar-refractivity contribution in [1.29, 1.82) is 0 Å². The third kappa shape index (κ3) is 3.90. The summed E-state index contributed by atoms with van der Waals surface area (Å²) in [5, 5.41) is 12.5. The Morgan fingerprint density at radius 2 is 1.93 bits per heavy atom. The van der Waals surface area contributed by atoms with Crippen LogP contribution in [0.1, 0.15) is 46.9 Å². The van der Waals surface area contributed by atoms with Crippen molar-refractivity contribution in [2.24, 2.45) is 0 Å². The largest absolute Gasteiger partial charge is 0.480 e. The number of carboxylic acids is 1. The monoisotopic (exact) mass is 390 g/mol. The normalized spacial score (nSPS) is 22.2. The zero-order valence-electron chi connectivity index (χ0n) is 15.4. The van der Waals surface area contributed by atoms with Gasteiger partial charge in [0.15, 0.2) is 0 Å². The lowest BCUT2D eigenvalue weighted by Crippen LogP contribution is -2.45. The summed E-state index contributed by atoms with van der Waals surface area (Å²) in [7, 11) is 0. The number of carbonyl (C=O) groups is 4. The molecule has 0 radical (unpaired) electrons. The molecule has 2 aliphatic rings. The Morgan fingerprint density at radius 1 is 1.29 bits per heavy atom. The number of hydrogen-bond donors (Lipinski definition) is 2. The molecule has 0 aromatic heterocycles. The van der Waals surface area contributed by atoms with Gasteiger partial charge in [0.1, 0.15) is 18.3 Å². The van der Waals surface area contributed by atoms with Gasteiger partial charge in [-0.1, -0.05) is 12.1 Å². The van der Waals surface area contributed by atoms with E-state index >= 15 is 0 Å². The molecular weight excluding hydrogens is 368 g/mol. The second-order valence-electron chi connectivity index (χ2n) is 6.60. The molecule has 3 unspecified atom stereocenters. The Bertz CT molecular complexity index is 759. The average Bonchev–Trinajstić information content (AvgIpc) is 3.24. The van der Waals surface area contributed by atoms with Crippen molar-refractivity contribution in [2.45, 2.75) is 44.5 Å². The minimum atomic E-state index is -1.25.